The maximum Gasteiger partial charge on any atom is 0.306 e. The summed E-state index contributed by atoms with van der Waals surface area (Å²) in [6.45, 7) is 1.88. The molecule has 0 aromatic carbocycles. The fourth-order valence-corrected chi connectivity index (χ4v) is 4.40. The topological polar surface area (TPSA) is 83.9 Å². The molecule has 7 heteroatoms. The number of morpholine rings is 1. The van der Waals surface area contributed by atoms with E-state index >= 15 is 0 Å². The normalized spacial score (nSPS) is 33.0. The first kappa shape index (κ1) is 15.7. The van der Waals surface area contributed by atoms with Gasteiger partial charge < -0.3 is 9.84 Å². The van der Waals surface area contributed by atoms with Gasteiger partial charge in [-0.25, -0.2) is 8.42 Å². The van der Waals surface area contributed by atoms with Crippen molar-refractivity contribution in [3.05, 3.63) is 0 Å². The van der Waals surface area contributed by atoms with E-state index in [1.807, 2.05) is 0 Å². The van der Waals surface area contributed by atoms with Crippen molar-refractivity contribution in [2.24, 2.45) is 0 Å². The van der Waals surface area contributed by atoms with Crippen LogP contribution < -0.4 is 0 Å². The minimum absolute atomic E-state index is 0.0126. The summed E-state index contributed by atoms with van der Waals surface area (Å²) in [5.74, 6) is -0.852. The van der Waals surface area contributed by atoms with E-state index in [2.05, 4.69) is 4.90 Å². The Hall–Kier alpha value is -0.660. The van der Waals surface area contributed by atoms with Gasteiger partial charge in [-0.3, -0.25) is 9.69 Å². The van der Waals surface area contributed by atoms with Gasteiger partial charge in [0, 0.05) is 25.4 Å². The third-order valence-corrected chi connectivity index (χ3v) is 5.93. The van der Waals surface area contributed by atoms with E-state index in [-0.39, 0.29) is 23.8 Å². The molecule has 0 amide bonds. The second-order valence-electron chi connectivity index (χ2n) is 5.86. The van der Waals surface area contributed by atoms with Gasteiger partial charge in [-0.15, -0.1) is 0 Å². The first-order valence-corrected chi connectivity index (χ1v) is 9.08. The molecule has 1 saturated heterocycles. The molecule has 0 aromatic heterocycles. The van der Waals surface area contributed by atoms with Crippen molar-refractivity contribution in [3.63, 3.8) is 0 Å². The predicted molar refractivity (Wildman–Crippen MR) is 74.5 cm³/mol. The number of carboxylic acid groups (broad SMARTS) is 1. The van der Waals surface area contributed by atoms with Crippen molar-refractivity contribution in [1.82, 2.24) is 4.90 Å². The molecule has 1 aliphatic heterocycles. The molecule has 3 atom stereocenters. The Kier molecular flexibility index (Phi) is 5.04. The minimum atomic E-state index is -2.98. The quantitative estimate of drug-likeness (QED) is 0.815. The fraction of sp³-hybridized carbons (Fsp3) is 0.923. The van der Waals surface area contributed by atoms with Gasteiger partial charge in [-0.1, -0.05) is 6.42 Å². The molecule has 0 bridgehead atoms. The largest absolute Gasteiger partial charge is 0.481 e. The van der Waals surface area contributed by atoms with Gasteiger partial charge in [-0.2, -0.15) is 0 Å². The Labute approximate surface area is 120 Å². The molecule has 20 heavy (non-hydrogen) atoms. The van der Waals surface area contributed by atoms with Gasteiger partial charge in [0.15, 0.2) is 0 Å². The van der Waals surface area contributed by atoms with Crippen LogP contribution in [-0.2, 0) is 19.4 Å². The Morgan fingerprint density at radius 1 is 1.40 bits per heavy atom. The second-order valence-corrected chi connectivity index (χ2v) is 8.18. The number of sulfone groups is 1. The Morgan fingerprint density at radius 2 is 2.15 bits per heavy atom. The molecule has 0 radical (unpaired) electrons. The second kappa shape index (κ2) is 6.41. The van der Waals surface area contributed by atoms with Crippen LogP contribution in [0.25, 0.3) is 0 Å². The maximum atomic E-state index is 11.7. The van der Waals surface area contributed by atoms with Crippen molar-refractivity contribution in [3.8, 4) is 0 Å². The number of nitrogens with zero attached hydrogens (tertiary/aromatic N) is 1. The molecule has 0 spiro atoms. The molecule has 0 aromatic rings. The summed E-state index contributed by atoms with van der Waals surface area (Å²) >= 11 is 0. The molecule has 2 rings (SSSR count). The third kappa shape index (κ3) is 4.17. The Bertz CT molecular complexity index is 450. The third-order valence-electron chi connectivity index (χ3n) is 4.29. The first-order chi connectivity index (χ1) is 9.36. The summed E-state index contributed by atoms with van der Waals surface area (Å²) in [6, 6.07) is 0.240. The average molecular weight is 305 g/mol. The zero-order chi connectivity index (χ0) is 14.8. The molecule has 1 N–H and O–H groups in total. The van der Waals surface area contributed by atoms with E-state index in [1.165, 1.54) is 6.26 Å². The van der Waals surface area contributed by atoms with Gasteiger partial charge in [0.05, 0.1) is 24.4 Å². The van der Waals surface area contributed by atoms with Gasteiger partial charge in [0.25, 0.3) is 0 Å². The van der Waals surface area contributed by atoms with Crippen LogP contribution in [0, 0.1) is 0 Å². The highest BCUT2D eigenvalue weighted by Crippen LogP contribution is 2.28. The molecule has 3 unspecified atom stereocenters. The monoisotopic (exact) mass is 305 g/mol. The van der Waals surface area contributed by atoms with E-state index in [4.69, 9.17) is 9.84 Å². The van der Waals surface area contributed by atoms with Gasteiger partial charge in [0.1, 0.15) is 9.84 Å². The van der Waals surface area contributed by atoms with Gasteiger partial charge in [0.2, 0.25) is 0 Å². The van der Waals surface area contributed by atoms with Crippen LogP contribution in [0.5, 0.6) is 0 Å². The van der Waals surface area contributed by atoms with E-state index in [0.717, 1.165) is 25.8 Å². The number of hydrogen-bond acceptors (Lipinski definition) is 5. The van der Waals surface area contributed by atoms with Crippen LogP contribution in [0.1, 0.15) is 32.1 Å². The van der Waals surface area contributed by atoms with Crippen LogP contribution in [0.2, 0.25) is 0 Å². The Morgan fingerprint density at radius 3 is 2.80 bits per heavy atom. The lowest BCUT2D eigenvalue weighted by Gasteiger charge is -2.41. The van der Waals surface area contributed by atoms with Crippen molar-refractivity contribution < 1.29 is 23.1 Å². The number of carbonyl (C=O) groups is 1. The smallest absolute Gasteiger partial charge is 0.306 e. The zero-order valence-corrected chi connectivity index (χ0v) is 12.6. The van der Waals surface area contributed by atoms with Crippen LogP contribution in [-0.4, -0.2) is 67.7 Å². The van der Waals surface area contributed by atoms with Gasteiger partial charge >= 0.3 is 5.97 Å². The highest BCUT2D eigenvalue weighted by Gasteiger charge is 2.34. The summed E-state index contributed by atoms with van der Waals surface area (Å²) in [4.78, 5) is 13.0. The molecule has 1 saturated carbocycles. The van der Waals surface area contributed by atoms with Gasteiger partial charge in [-0.05, 0) is 19.3 Å². The zero-order valence-electron chi connectivity index (χ0n) is 11.8. The molecule has 2 fully saturated rings. The first-order valence-electron chi connectivity index (χ1n) is 7.12. The summed E-state index contributed by atoms with van der Waals surface area (Å²) in [5.41, 5.74) is 0. The van der Waals surface area contributed by atoms with E-state index in [0.29, 0.717) is 19.6 Å². The lowest BCUT2D eigenvalue weighted by molar-refractivity contribution is -0.142. The minimum Gasteiger partial charge on any atom is -0.481 e. The molecular weight excluding hydrogens is 282 g/mol. The van der Waals surface area contributed by atoms with Crippen LogP contribution in [0.3, 0.4) is 0 Å². The molecule has 1 heterocycles. The highest BCUT2D eigenvalue weighted by atomic mass is 32.2. The SMILES string of the molecule is CS(=O)(=O)C1CCCC(N2CCOC(CC(=O)O)C2)C1. The van der Waals surface area contributed by atoms with E-state index < -0.39 is 15.8 Å². The maximum absolute atomic E-state index is 11.7. The number of carboxylic acids is 1. The lowest BCUT2D eigenvalue weighted by atomic mass is 9.93. The summed E-state index contributed by atoms with van der Waals surface area (Å²) in [6.07, 6.45) is 4.37. The van der Waals surface area contributed by atoms with Crippen molar-refractivity contribution >= 4 is 15.8 Å². The lowest BCUT2D eigenvalue weighted by Crippen LogP contribution is -2.50. The number of hydrogen-bond donors (Lipinski definition) is 1. The predicted octanol–water partition coefficient (Wildman–Crippen LogP) is 0.518. The molecule has 1 aliphatic carbocycles. The molecular formula is C13H23NO5S. The van der Waals surface area contributed by atoms with Crippen LogP contribution in [0.4, 0.5) is 0 Å². The summed E-state index contributed by atoms with van der Waals surface area (Å²) in [7, 11) is -2.98. The Balaban J connectivity index is 1.95. The van der Waals surface area contributed by atoms with E-state index in [9.17, 15) is 13.2 Å². The van der Waals surface area contributed by atoms with E-state index in [1.54, 1.807) is 0 Å². The number of rotatable bonds is 4. The van der Waals surface area contributed by atoms with Crippen molar-refractivity contribution in [2.45, 2.75) is 49.5 Å². The summed E-state index contributed by atoms with van der Waals surface area (Å²) < 4.78 is 28.9. The van der Waals surface area contributed by atoms with Crippen molar-refractivity contribution in [1.29, 1.82) is 0 Å². The van der Waals surface area contributed by atoms with Crippen molar-refractivity contribution in [2.75, 3.05) is 26.0 Å². The fourth-order valence-electron chi connectivity index (χ4n) is 3.23. The number of aliphatic carboxylic acids is 1. The molecule has 2 aliphatic rings. The standard InChI is InChI=1S/C13H23NO5S/c1-20(17,18)12-4-2-3-10(7-12)14-5-6-19-11(9-14)8-13(15)16/h10-12H,2-9H2,1H3,(H,15,16). The van der Waals surface area contributed by atoms with Crippen LogP contribution in [0.15, 0.2) is 0 Å². The highest BCUT2D eigenvalue weighted by molar-refractivity contribution is 7.91. The molecule has 6 nitrogen and oxygen atoms in total. The average Bonchev–Trinajstić information content (AvgIpc) is 2.37. The van der Waals surface area contributed by atoms with Crippen LogP contribution >= 0.6 is 0 Å². The molecule has 116 valence electrons. The summed E-state index contributed by atoms with van der Waals surface area (Å²) in [5, 5.41) is 8.59. The number of ether oxygens (including phenoxy) is 1.